The van der Waals surface area contributed by atoms with Crippen molar-refractivity contribution in [3.05, 3.63) is 22.8 Å². The van der Waals surface area contributed by atoms with E-state index in [0.717, 1.165) is 30.8 Å². The Balaban J connectivity index is 1.38. The zero-order valence-corrected chi connectivity index (χ0v) is 28.4. The standard InChI is InChI=1S/C37H58O7/c1-20-11-16-37(32(42)44-31-30(41)29(40)28(39)24(19-38)43-31)18-17-35(7)23(27(37)22(20)3)9-10-26-34(6)14-12-21(2)33(4,5)25(34)13-15-36(26,35)8/h9,20-21,24-26,28-31,38-41H,10-19H2,1-8H3/t20-,21+,24?,25?,26?,28?,29?,30?,31?,34+,35-,36-,37+/m1/s1. The first-order valence-electron chi connectivity index (χ1n) is 17.4. The van der Waals surface area contributed by atoms with Crippen LogP contribution in [0.4, 0.5) is 0 Å². The number of ether oxygens (including phenoxy) is 2. The molecule has 3 saturated carbocycles. The fourth-order valence-electron chi connectivity index (χ4n) is 11.8. The van der Waals surface area contributed by atoms with Crippen molar-refractivity contribution in [2.24, 2.45) is 50.7 Å². The summed E-state index contributed by atoms with van der Waals surface area (Å²) in [6.45, 7) is 19.0. The fourth-order valence-corrected chi connectivity index (χ4v) is 11.8. The highest BCUT2D eigenvalue weighted by Gasteiger charge is 2.68. The molecule has 7 nitrogen and oxygen atoms in total. The van der Waals surface area contributed by atoms with Crippen LogP contribution in [0, 0.1) is 50.7 Å². The third-order valence-corrected chi connectivity index (χ3v) is 15.4. The summed E-state index contributed by atoms with van der Waals surface area (Å²) in [4.78, 5) is 14.4. The molecular formula is C37H58O7. The summed E-state index contributed by atoms with van der Waals surface area (Å²) < 4.78 is 11.6. The summed E-state index contributed by atoms with van der Waals surface area (Å²) in [6, 6.07) is 0. The second kappa shape index (κ2) is 10.6. The van der Waals surface area contributed by atoms with E-state index in [1.165, 1.54) is 36.8 Å². The van der Waals surface area contributed by atoms with Gasteiger partial charge in [-0.1, -0.05) is 60.1 Å². The van der Waals surface area contributed by atoms with Gasteiger partial charge in [-0.2, -0.15) is 0 Å². The summed E-state index contributed by atoms with van der Waals surface area (Å²) in [5.74, 6) is 1.95. The van der Waals surface area contributed by atoms with E-state index in [9.17, 15) is 25.2 Å². The minimum Gasteiger partial charge on any atom is -0.432 e. The van der Waals surface area contributed by atoms with Crippen LogP contribution in [0.3, 0.4) is 0 Å². The van der Waals surface area contributed by atoms with Gasteiger partial charge in [0, 0.05) is 0 Å². The second-order valence-electron chi connectivity index (χ2n) is 17.2. The molecule has 0 aromatic rings. The summed E-state index contributed by atoms with van der Waals surface area (Å²) in [6.07, 6.45) is 4.39. The lowest BCUT2D eigenvalue weighted by molar-refractivity contribution is -0.295. The average Bonchev–Trinajstić information content (AvgIpc) is 2.97. The maximum Gasteiger partial charge on any atom is 0.318 e. The number of fused-ring (bicyclic) bond motifs is 7. The van der Waals surface area contributed by atoms with Crippen molar-refractivity contribution in [2.75, 3.05) is 6.61 Å². The van der Waals surface area contributed by atoms with Crippen LogP contribution in [0.25, 0.3) is 0 Å². The van der Waals surface area contributed by atoms with Gasteiger partial charge in [0.2, 0.25) is 6.29 Å². The van der Waals surface area contributed by atoms with Gasteiger partial charge < -0.3 is 29.9 Å². The second-order valence-corrected chi connectivity index (χ2v) is 17.2. The molecule has 1 heterocycles. The van der Waals surface area contributed by atoms with Crippen LogP contribution >= 0.6 is 0 Å². The Kier molecular flexibility index (Phi) is 7.90. The highest BCUT2D eigenvalue weighted by atomic mass is 16.7. The Morgan fingerprint density at radius 3 is 2.30 bits per heavy atom. The number of allylic oxidation sites excluding steroid dienone is 3. The van der Waals surface area contributed by atoms with Gasteiger partial charge >= 0.3 is 5.97 Å². The van der Waals surface area contributed by atoms with E-state index in [0.29, 0.717) is 36.0 Å². The van der Waals surface area contributed by atoms with Gasteiger partial charge in [-0.15, -0.1) is 0 Å². The molecule has 7 heteroatoms. The average molecular weight is 615 g/mol. The van der Waals surface area contributed by atoms with Crippen molar-refractivity contribution in [1.29, 1.82) is 0 Å². The minimum atomic E-state index is -1.61. The first-order chi connectivity index (χ1) is 20.5. The van der Waals surface area contributed by atoms with E-state index in [-0.39, 0.29) is 16.2 Å². The largest absolute Gasteiger partial charge is 0.432 e. The fraction of sp³-hybridized carbons (Fsp3) is 0.865. The molecule has 0 aromatic carbocycles. The van der Waals surface area contributed by atoms with Crippen molar-refractivity contribution in [2.45, 2.75) is 144 Å². The number of carbonyl (C=O) groups is 1. The van der Waals surface area contributed by atoms with Gasteiger partial charge in [-0.25, -0.2) is 0 Å². The van der Waals surface area contributed by atoms with Gasteiger partial charge in [0.25, 0.3) is 0 Å². The van der Waals surface area contributed by atoms with Crippen LogP contribution in [0.5, 0.6) is 0 Å². The quantitative estimate of drug-likeness (QED) is 0.302. The predicted molar refractivity (Wildman–Crippen MR) is 168 cm³/mol. The molecule has 13 atom stereocenters. The highest BCUT2D eigenvalue weighted by molar-refractivity contribution is 5.84. The van der Waals surface area contributed by atoms with Gasteiger partial charge in [-0.05, 0) is 121 Å². The van der Waals surface area contributed by atoms with Crippen LogP contribution in [-0.4, -0.2) is 63.7 Å². The summed E-state index contributed by atoms with van der Waals surface area (Å²) >= 11 is 0. The smallest absolute Gasteiger partial charge is 0.318 e. The van der Waals surface area contributed by atoms with Crippen molar-refractivity contribution in [1.82, 2.24) is 0 Å². The molecule has 6 aliphatic rings. The number of aliphatic hydroxyl groups is 4. The molecule has 4 fully saturated rings. The van der Waals surface area contributed by atoms with Crippen LogP contribution < -0.4 is 0 Å². The Hall–Kier alpha value is -1.25. The SMILES string of the molecule is CC1=C2C3=CCC4[C@@]5(C)CC[C@H](C)C(C)(C)C5CC[C@@]4(C)[C@]3(C)CC[C@@]2(C(=O)OC2OC(CO)C(O)C(O)C2O)CC[C@H]1C. The monoisotopic (exact) mass is 614 g/mol. The molecule has 0 aromatic heterocycles. The molecule has 4 N–H and O–H groups in total. The van der Waals surface area contributed by atoms with E-state index in [4.69, 9.17) is 9.47 Å². The van der Waals surface area contributed by atoms with Crippen LogP contribution in [-0.2, 0) is 14.3 Å². The number of hydrogen-bond donors (Lipinski definition) is 4. The third kappa shape index (κ3) is 4.20. The molecule has 5 aliphatic carbocycles. The summed E-state index contributed by atoms with van der Waals surface area (Å²) in [5.41, 5.74) is 3.53. The maximum atomic E-state index is 14.4. The third-order valence-electron chi connectivity index (χ3n) is 15.4. The Labute approximate surface area is 264 Å². The maximum absolute atomic E-state index is 14.4. The van der Waals surface area contributed by atoms with E-state index < -0.39 is 48.7 Å². The zero-order chi connectivity index (χ0) is 32.2. The number of carbonyl (C=O) groups excluding carboxylic acids is 1. The van der Waals surface area contributed by atoms with Crippen molar-refractivity contribution in [3.8, 4) is 0 Å². The topological polar surface area (TPSA) is 116 Å². The normalized spacial score (nSPS) is 51.7. The molecule has 44 heavy (non-hydrogen) atoms. The molecule has 0 spiro atoms. The van der Waals surface area contributed by atoms with E-state index in [1.807, 2.05) is 0 Å². The lowest BCUT2D eigenvalue weighted by Gasteiger charge is -2.70. The van der Waals surface area contributed by atoms with Crippen LogP contribution in [0.2, 0.25) is 0 Å². The summed E-state index contributed by atoms with van der Waals surface area (Å²) in [7, 11) is 0. The van der Waals surface area contributed by atoms with Crippen LogP contribution in [0.15, 0.2) is 22.8 Å². The van der Waals surface area contributed by atoms with Crippen molar-refractivity contribution >= 4 is 5.97 Å². The first kappa shape index (κ1) is 32.7. The first-order valence-corrected chi connectivity index (χ1v) is 17.4. The molecule has 1 saturated heterocycles. The molecule has 0 amide bonds. The Morgan fingerprint density at radius 1 is 0.909 bits per heavy atom. The molecule has 7 unspecified atom stereocenters. The lowest BCUT2D eigenvalue weighted by Crippen LogP contribution is -2.63. The molecule has 6 rings (SSSR count). The zero-order valence-electron chi connectivity index (χ0n) is 28.4. The van der Waals surface area contributed by atoms with Gasteiger partial charge in [0.15, 0.2) is 0 Å². The highest BCUT2D eigenvalue weighted by Crippen LogP contribution is 2.75. The number of rotatable bonds is 3. The van der Waals surface area contributed by atoms with Crippen LogP contribution in [0.1, 0.15) is 113 Å². The molecule has 248 valence electrons. The molecule has 0 radical (unpaired) electrons. The molecule has 1 aliphatic heterocycles. The predicted octanol–water partition coefficient (Wildman–Crippen LogP) is 5.69. The van der Waals surface area contributed by atoms with Crippen molar-refractivity contribution < 1.29 is 34.7 Å². The molecule has 0 bridgehead atoms. The minimum absolute atomic E-state index is 0.0717. The number of hydrogen-bond acceptors (Lipinski definition) is 7. The van der Waals surface area contributed by atoms with Gasteiger partial charge in [0.1, 0.15) is 24.4 Å². The Bertz CT molecular complexity index is 1240. The van der Waals surface area contributed by atoms with E-state index in [1.54, 1.807) is 0 Å². The van der Waals surface area contributed by atoms with Crippen molar-refractivity contribution in [3.63, 3.8) is 0 Å². The lowest BCUT2D eigenvalue weighted by atomic mass is 9.34. The number of aliphatic hydroxyl groups excluding tert-OH is 4. The molecular weight excluding hydrogens is 556 g/mol. The van der Waals surface area contributed by atoms with Gasteiger partial charge in [0.05, 0.1) is 12.0 Å². The van der Waals surface area contributed by atoms with E-state index in [2.05, 4.69) is 61.5 Å². The van der Waals surface area contributed by atoms with Gasteiger partial charge in [-0.3, -0.25) is 4.79 Å². The Morgan fingerprint density at radius 2 is 1.61 bits per heavy atom. The number of esters is 1. The van der Waals surface area contributed by atoms with E-state index >= 15 is 0 Å². The summed E-state index contributed by atoms with van der Waals surface area (Å²) in [5, 5.41) is 41.0.